The van der Waals surface area contributed by atoms with E-state index >= 15 is 0 Å². The van der Waals surface area contributed by atoms with Crippen LogP contribution in [0.4, 0.5) is 0 Å². The minimum absolute atomic E-state index is 0.107. The van der Waals surface area contributed by atoms with E-state index in [0.29, 0.717) is 5.75 Å². The summed E-state index contributed by atoms with van der Waals surface area (Å²) in [5, 5.41) is 0. The molecule has 0 aliphatic heterocycles. The third-order valence-corrected chi connectivity index (χ3v) is 2.33. The number of carbonyl (C=O) groups is 2. The van der Waals surface area contributed by atoms with Gasteiger partial charge in [0, 0.05) is 19.3 Å². The first-order chi connectivity index (χ1) is 9.65. The van der Waals surface area contributed by atoms with Gasteiger partial charge in [-0.05, 0) is 17.7 Å². The van der Waals surface area contributed by atoms with E-state index in [1.54, 1.807) is 24.3 Å². The van der Waals surface area contributed by atoms with Crippen molar-refractivity contribution in [2.75, 3.05) is 0 Å². The zero-order valence-corrected chi connectivity index (χ0v) is 10.8. The molecule has 0 bridgehead atoms. The average molecular weight is 272 g/mol. The first-order valence-corrected chi connectivity index (χ1v) is 5.85. The lowest BCUT2D eigenvalue weighted by atomic mass is 10.2. The van der Waals surface area contributed by atoms with Crippen molar-refractivity contribution in [3.8, 4) is 5.75 Å². The maximum Gasteiger partial charge on any atom is 0.358 e. The Balaban J connectivity index is 1.91. The zero-order valence-electron chi connectivity index (χ0n) is 10.8. The Kier molecular flexibility index (Phi) is 4.39. The summed E-state index contributed by atoms with van der Waals surface area (Å²) < 4.78 is 9.99. The molecule has 20 heavy (non-hydrogen) atoms. The smallest absolute Gasteiger partial charge is 0.358 e. The fraction of sp³-hybridized carbons (Fsp3) is 0.143. The van der Waals surface area contributed by atoms with E-state index in [1.165, 1.54) is 25.5 Å². The minimum Gasteiger partial charge on any atom is -0.456 e. The van der Waals surface area contributed by atoms with Crippen molar-refractivity contribution < 1.29 is 19.1 Å². The molecule has 1 heterocycles. The largest absolute Gasteiger partial charge is 0.456 e. The lowest BCUT2D eigenvalue weighted by Crippen LogP contribution is -2.07. The van der Waals surface area contributed by atoms with E-state index in [-0.39, 0.29) is 18.3 Å². The number of nitrogens with zero attached hydrogens (tertiary/aromatic N) is 2. The van der Waals surface area contributed by atoms with Gasteiger partial charge in [0.05, 0.1) is 6.20 Å². The predicted molar refractivity (Wildman–Crippen MR) is 68.9 cm³/mol. The number of rotatable bonds is 4. The van der Waals surface area contributed by atoms with Gasteiger partial charge in [0.2, 0.25) is 0 Å². The fourth-order valence-corrected chi connectivity index (χ4v) is 1.45. The molecule has 2 rings (SSSR count). The number of aromatic nitrogens is 2. The summed E-state index contributed by atoms with van der Waals surface area (Å²) >= 11 is 0. The normalized spacial score (nSPS) is 9.85. The molecular weight excluding hydrogens is 260 g/mol. The highest BCUT2D eigenvalue weighted by Gasteiger charge is 2.08. The van der Waals surface area contributed by atoms with Crippen molar-refractivity contribution >= 4 is 11.9 Å². The number of esters is 2. The van der Waals surface area contributed by atoms with E-state index in [4.69, 9.17) is 9.47 Å². The van der Waals surface area contributed by atoms with E-state index < -0.39 is 5.97 Å². The minimum atomic E-state index is -0.540. The van der Waals surface area contributed by atoms with Gasteiger partial charge in [-0.15, -0.1) is 0 Å². The van der Waals surface area contributed by atoms with Crippen LogP contribution in [0, 0.1) is 0 Å². The highest BCUT2D eigenvalue weighted by Crippen LogP contribution is 2.13. The molecule has 0 unspecified atom stereocenters. The Morgan fingerprint density at radius 3 is 2.50 bits per heavy atom. The number of hydrogen-bond acceptors (Lipinski definition) is 6. The van der Waals surface area contributed by atoms with Gasteiger partial charge in [-0.2, -0.15) is 0 Å². The third kappa shape index (κ3) is 3.88. The van der Waals surface area contributed by atoms with Crippen LogP contribution in [-0.2, 0) is 16.1 Å². The second-order valence-electron chi connectivity index (χ2n) is 3.90. The van der Waals surface area contributed by atoms with Crippen molar-refractivity contribution in [2.24, 2.45) is 0 Å². The molecule has 2 aromatic rings. The molecule has 0 saturated heterocycles. The molecule has 0 spiro atoms. The molecular formula is C14H12N2O4. The van der Waals surface area contributed by atoms with Crippen LogP contribution in [0.5, 0.6) is 5.75 Å². The number of hydrogen-bond donors (Lipinski definition) is 0. The standard InChI is InChI=1S/C14H12N2O4/c1-10(17)20-12-4-2-11(3-5-12)9-19-14(18)13-8-15-6-7-16-13/h2-8H,9H2,1H3. The first-order valence-electron chi connectivity index (χ1n) is 5.85. The zero-order chi connectivity index (χ0) is 14.4. The van der Waals surface area contributed by atoms with Gasteiger partial charge in [0.15, 0.2) is 5.69 Å². The summed E-state index contributed by atoms with van der Waals surface area (Å²) in [7, 11) is 0. The molecule has 0 aliphatic carbocycles. The Morgan fingerprint density at radius 2 is 1.90 bits per heavy atom. The van der Waals surface area contributed by atoms with Crippen LogP contribution in [0.1, 0.15) is 23.0 Å². The van der Waals surface area contributed by atoms with E-state index in [2.05, 4.69) is 9.97 Å². The Morgan fingerprint density at radius 1 is 1.15 bits per heavy atom. The van der Waals surface area contributed by atoms with E-state index in [0.717, 1.165) is 5.56 Å². The molecule has 0 aliphatic rings. The fourth-order valence-electron chi connectivity index (χ4n) is 1.45. The maximum absolute atomic E-state index is 11.6. The molecule has 0 N–H and O–H groups in total. The quantitative estimate of drug-likeness (QED) is 0.623. The average Bonchev–Trinajstić information content (AvgIpc) is 2.46. The Labute approximate surface area is 115 Å². The van der Waals surface area contributed by atoms with Crippen molar-refractivity contribution in [1.82, 2.24) is 9.97 Å². The van der Waals surface area contributed by atoms with Crippen LogP contribution < -0.4 is 4.74 Å². The van der Waals surface area contributed by atoms with Gasteiger partial charge in [-0.1, -0.05) is 12.1 Å². The van der Waals surface area contributed by atoms with Gasteiger partial charge in [-0.3, -0.25) is 9.78 Å². The van der Waals surface area contributed by atoms with Gasteiger partial charge >= 0.3 is 11.9 Å². The first kappa shape index (κ1) is 13.7. The van der Waals surface area contributed by atoms with Crippen LogP contribution in [-0.4, -0.2) is 21.9 Å². The van der Waals surface area contributed by atoms with Crippen LogP contribution in [0.25, 0.3) is 0 Å². The molecule has 0 amide bonds. The van der Waals surface area contributed by atoms with Crippen molar-refractivity contribution in [3.63, 3.8) is 0 Å². The molecule has 0 saturated carbocycles. The molecule has 0 fully saturated rings. The third-order valence-electron chi connectivity index (χ3n) is 2.33. The summed E-state index contributed by atoms with van der Waals surface area (Å²) in [6.45, 7) is 1.44. The SMILES string of the molecule is CC(=O)Oc1ccc(COC(=O)c2cnccn2)cc1. The lowest BCUT2D eigenvalue weighted by Gasteiger charge is -2.05. The molecule has 0 radical (unpaired) electrons. The topological polar surface area (TPSA) is 78.4 Å². The molecule has 6 nitrogen and oxygen atoms in total. The van der Waals surface area contributed by atoms with Crippen molar-refractivity contribution in [3.05, 3.63) is 54.1 Å². The second kappa shape index (κ2) is 6.42. The second-order valence-corrected chi connectivity index (χ2v) is 3.90. The van der Waals surface area contributed by atoms with Crippen LogP contribution in [0.3, 0.4) is 0 Å². The van der Waals surface area contributed by atoms with Crippen molar-refractivity contribution in [2.45, 2.75) is 13.5 Å². The molecule has 1 aromatic carbocycles. The predicted octanol–water partition coefficient (Wildman–Crippen LogP) is 1.76. The van der Waals surface area contributed by atoms with Gasteiger partial charge in [0.25, 0.3) is 0 Å². The summed E-state index contributed by atoms with van der Waals surface area (Å²) in [6, 6.07) is 6.68. The molecule has 1 aromatic heterocycles. The molecule has 6 heteroatoms. The summed E-state index contributed by atoms with van der Waals surface area (Å²) in [5.41, 5.74) is 0.933. The Hall–Kier alpha value is -2.76. The van der Waals surface area contributed by atoms with Gasteiger partial charge in [0.1, 0.15) is 12.4 Å². The van der Waals surface area contributed by atoms with Gasteiger partial charge < -0.3 is 9.47 Å². The molecule has 102 valence electrons. The van der Waals surface area contributed by atoms with Crippen molar-refractivity contribution in [1.29, 1.82) is 0 Å². The monoisotopic (exact) mass is 272 g/mol. The van der Waals surface area contributed by atoms with Crippen LogP contribution in [0.2, 0.25) is 0 Å². The molecule has 0 atom stereocenters. The number of ether oxygens (including phenoxy) is 2. The summed E-state index contributed by atoms with van der Waals surface area (Å²) in [4.78, 5) is 30.0. The van der Waals surface area contributed by atoms with E-state index in [1.807, 2.05) is 0 Å². The van der Waals surface area contributed by atoms with E-state index in [9.17, 15) is 9.59 Å². The summed E-state index contributed by atoms with van der Waals surface area (Å²) in [5.74, 6) is -0.476. The summed E-state index contributed by atoms with van der Waals surface area (Å²) in [6.07, 6.45) is 4.24. The van der Waals surface area contributed by atoms with Gasteiger partial charge in [-0.25, -0.2) is 9.78 Å². The highest BCUT2D eigenvalue weighted by atomic mass is 16.5. The van der Waals surface area contributed by atoms with Crippen LogP contribution >= 0.6 is 0 Å². The highest BCUT2D eigenvalue weighted by molar-refractivity contribution is 5.86. The van der Waals surface area contributed by atoms with Crippen LogP contribution in [0.15, 0.2) is 42.9 Å². The maximum atomic E-state index is 11.6. The number of benzene rings is 1. The number of carbonyl (C=O) groups excluding carboxylic acids is 2. The lowest BCUT2D eigenvalue weighted by molar-refractivity contribution is -0.131. The Bertz CT molecular complexity index is 596.